The maximum Gasteiger partial charge on any atom is 0.264 e. The lowest BCUT2D eigenvalue weighted by Crippen LogP contribution is -2.35. The van der Waals surface area contributed by atoms with Gasteiger partial charge in [-0.15, -0.1) is 11.3 Å². The summed E-state index contributed by atoms with van der Waals surface area (Å²) >= 11 is 1.32. The number of ether oxygens (including phenoxy) is 3. The summed E-state index contributed by atoms with van der Waals surface area (Å²) in [5, 5.41) is 5.10. The van der Waals surface area contributed by atoms with Crippen LogP contribution in [0.5, 0.6) is 17.2 Å². The van der Waals surface area contributed by atoms with Crippen LogP contribution in [0, 0.1) is 0 Å². The average Bonchev–Trinajstić information content (AvgIpc) is 3.29. The smallest absolute Gasteiger partial charge is 0.264 e. The van der Waals surface area contributed by atoms with Crippen molar-refractivity contribution >= 4 is 40.0 Å². The summed E-state index contributed by atoms with van der Waals surface area (Å²) in [6.07, 6.45) is 3.13. The van der Waals surface area contributed by atoms with Crippen molar-refractivity contribution in [2.75, 3.05) is 37.6 Å². The van der Waals surface area contributed by atoms with Crippen molar-refractivity contribution in [2.45, 2.75) is 6.92 Å². The first-order chi connectivity index (χ1) is 16.0. The molecule has 4 rings (SSSR count). The number of carbonyl (C=O) groups is 2. The molecule has 3 aromatic rings. The lowest BCUT2D eigenvalue weighted by Gasteiger charge is -2.26. The second-order valence-electron chi connectivity index (χ2n) is 7.13. The van der Waals surface area contributed by atoms with E-state index in [4.69, 9.17) is 14.2 Å². The number of likely N-dealkylation sites (N-methyl/N-ethyl adjacent to an activating group) is 1. The van der Waals surface area contributed by atoms with Crippen LogP contribution < -0.4 is 24.4 Å². The predicted molar refractivity (Wildman–Crippen MR) is 128 cm³/mol. The second kappa shape index (κ2) is 9.74. The molecule has 33 heavy (non-hydrogen) atoms. The molecule has 8 nitrogen and oxygen atoms in total. The fraction of sp³-hybridized carbons (Fsp3) is 0.208. The molecule has 0 bridgehead atoms. The Labute approximate surface area is 195 Å². The molecule has 170 valence electrons. The normalized spacial score (nSPS) is 12.9. The molecule has 1 N–H and O–H groups in total. The minimum atomic E-state index is -0.298. The van der Waals surface area contributed by atoms with Gasteiger partial charge in [-0.25, -0.2) is 4.98 Å². The summed E-state index contributed by atoms with van der Waals surface area (Å²) in [6.45, 7) is 2.48. The number of thiazole rings is 1. The fourth-order valence-corrected chi connectivity index (χ4v) is 4.00. The van der Waals surface area contributed by atoms with Gasteiger partial charge in [0.1, 0.15) is 5.75 Å². The molecule has 0 saturated heterocycles. The highest BCUT2D eigenvalue weighted by molar-refractivity contribution is 7.14. The lowest BCUT2D eigenvalue weighted by molar-refractivity contribution is -0.121. The van der Waals surface area contributed by atoms with E-state index in [-0.39, 0.29) is 18.4 Å². The molecular formula is C24H23N3O5S. The summed E-state index contributed by atoms with van der Waals surface area (Å²) in [7, 11) is 3.29. The molecule has 0 unspecified atom stereocenters. The monoisotopic (exact) mass is 465 g/mol. The summed E-state index contributed by atoms with van der Waals surface area (Å²) in [4.78, 5) is 30.3. The molecule has 0 saturated carbocycles. The highest BCUT2D eigenvalue weighted by Crippen LogP contribution is 2.36. The van der Waals surface area contributed by atoms with Crippen LogP contribution in [0.25, 0.3) is 17.3 Å². The Morgan fingerprint density at radius 3 is 2.91 bits per heavy atom. The van der Waals surface area contributed by atoms with Crippen molar-refractivity contribution in [3.05, 3.63) is 53.4 Å². The third-order valence-corrected chi connectivity index (χ3v) is 5.75. The van der Waals surface area contributed by atoms with E-state index in [0.29, 0.717) is 40.4 Å². The summed E-state index contributed by atoms with van der Waals surface area (Å²) in [5.41, 5.74) is 3.02. The van der Waals surface area contributed by atoms with Crippen LogP contribution in [-0.4, -0.2) is 44.2 Å². The minimum Gasteiger partial charge on any atom is -0.493 e. The quantitative estimate of drug-likeness (QED) is 0.526. The van der Waals surface area contributed by atoms with Crippen LogP contribution in [0.4, 0.5) is 10.8 Å². The zero-order chi connectivity index (χ0) is 23.4. The van der Waals surface area contributed by atoms with E-state index < -0.39 is 0 Å². The number of hydrogen-bond donors (Lipinski definition) is 1. The standard InChI is InChI=1S/C24H23N3O5S/c1-4-31-20-8-5-15(11-21(20)30-3)6-10-22(28)26-24-25-17(14-33-24)16-7-9-19-18(12-16)27(2)23(29)13-32-19/h5-12,14H,4,13H2,1-3H3,(H,25,26,28)/b10-6+. The van der Waals surface area contributed by atoms with Crippen LogP contribution in [0.1, 0.15) is 12.5 Å². The van der Waals surface area contributed by atoms with Crippen molar-refractivity contribution in [2.24, 2.45) is 0 Å². The second-order valence-corrected chi connectivity index (χ2v) is 7.99. The molecule has 0 spiro atoms. The minimum absolute atomic E-state index is 0.0344. The predicted octanol–water partition coefficient (Wildman–Crippen LogP) is 4.22. The van der Waals surface area contributed by atoms with E-state index in [1.807, 2.05) is 42.6 Å². The number of methoxy groups -OCH3 is 1. The summed E-state index contributed by atoms with van der Waals surface area (Å²) < 4.78 is 16.3. The molecule has 2 heterocycles. The summed E-state index contributed by atoms with van der Waals surface area (Å²) in [6, 6.07) is 11.0. The van der Waals surface area contributed by atoms with Gasteiger partial charge in [0.2, 0.25) is 5.91 Å². The fourth-order valence-electron chi connectivity index (χ4n) is 3.28. The Morgan fingerprint density at radius 2 is 2.12 bits per heavy atom. The van der Waals surface area contributed by atoms with Crippen molar-refractivity contribution in [3.63, 3.8) is 0 Å². The van der Waals surface area contributed by atoms with E-state index in [1.54, 1.807) is 31.2 Å². The van der Waals surface area contributed by atoms with E-state index in [9.17, 15) is 9.59 Å². The number of hydrogen-bond acceptors (Lipinski definition) is 7. The lowest BCUT2D eigenvalue weighted by atomic mass is 10.1. The van der Waals surface area contributed by atoms with Gasteiger partial charge in [-0.05, 0) is 48.9 Å². The number of rotatable bonds is 7. The molecular weight excluding hydrogens is 442 g/mol. The zero-order valence-corrected chi connectivity index (χ0v) is 19.3. The largest absolute Gasteiger partial charge is 0.493 e. The molecule has 2 amide bonds. The third kappa shape index (κ3) is 4.98. The van der Waals surface area contributed by atoms with Gasteiger partial charge in [0.15, 0.2) is 23.2 Å². The van der Waals surface area contributed by atoms with Gasteiger partial charge in [-0.2, -0.15) is 0 Å². The number of fused-ring (bicyclic) bond motifs is 1. The Hall–Kier alpha value is -3.85. The first-order valence-corrected chi connectivity index (χ1v) is 11.2. The van der Waals surface area contributed by atoms with Crippen LogP contribution >= 0.6 is 11.3 Å². The molecule has 0 radical (unpaired) electrons. The molecule has 9 heteroatoms. The number of carbonyl (C=O) groups excluding carboxylic acids is 2. The maximum atomic E-state index is 12.4. The Bertz CT molecular complexity index is 1220. The molecule has 2 aromatic carbocycles. The number of amides is 2. The van der Waals surface area contributed by atoms with Crippen LogP contribution in [0.2, 0.25) is 0 Å². The Morgan fingerprint density at radius 1 is 1.27 bits per heavy atom. The van der Waals surface area contributed by atoms with Gasteiger partial charge in [-0.3, -0.25) is 14.9 Å². The highest BCUT2D eigenvalue weighted by Gasteiger charge is 2.23. The van der Waals surface area contributed by atoms with Crippen molar-refractivity contribution in [1.29, 1.82) is 0 Å². The topological polar surface area (TPSA) is 90.0 Å². The molecule has 1 aromatic heterocycles. The van der Waals surface area contributed by atoms with Gasteiger partial charge >= 0.3 is 0 Å². The zero-order valence-electron chi connectivity index (χ0n) is 18.5. The third-order valence-electron chi connectivity index (χ3n) is 4.99. The van der Waals surface area contributed by atoms with Crippen LogP contribution in [-0.2, 0) is 9.59 Å². The van der Waals surface area contributed by atoms with E-state index >= 15 is 0 Å². The van der Waals surface area contributed by atoms with Crippen molar-refractivity contribution < 1.29 is 23.8 Å². The Balaban J connectivity index is 1.44. The molecule has 1 aliphatic rings. The van der Waals surface area contributed by atoms with Gasteiger partial charge in [0.05, 0.1) is 25.1 Å². The molecule has 0 atom stereocenters. The van der Waals surface area contributed by atoms with Crippen LogP contribution in [0.15, 0.2) is 47.9 Å². The SMILES string of the molecule is CCOc1ccc(/C=C/C(=O)Nc2nc(-c3ccc4c(c3)N(C)C(=O)CO4)cs2)cc1OC. The van der Waals surface area contributed by atoms with Gasteiger partial charge in [0.25, 0.3) is 5.91 Å². The Kier molecular flexibility index (Phi) is 6.60. The maximum absolute atomic E-state index is 12.4. The number of nitrogens with zero attached hydrogens (tertiary/aromatic N) is 2. The number of benzene rings is 2. The summed E-state index contributed by atoms with van der Waals surface area (Å²) in [5.74, 6) is 1.50. The van der Waals surface area contributed by atoms with E-state index in [2.05, 4.69) is 10.3 Å². The first kappa shape index (κ1) is 22.3. The molecule has 0 fully saturated rings. The van der Waals surface area contributed by atoms with E-state index in [0.717, 1.165) is 11.1 Å². The van der Waals surface area contributed by atoms with Gasteiger partial charge in [0, 0.05) is 24.1 Å². The van der Waals surface area contributed by atoms with Crippen molar-refractivity contribution in [1.82, 2.24) is 4.98 Å². The number of anilines is 2. The molecule has 0 aliphatic carbocycles. The van der Waals surface area contributed by atoms with Crippen LogP contribution in [0.3, 0.4) is 0 Å². The van der Waals surface area contributed by atoms with Gasteiger partial charge in [-0.1, -0.05) is 6.07 Å². The number of nitrogens with one attached hydrogen (secondary N) is 1. The van der Waals surface area contributed by atoms with Crippen molar-refractivity contribution in [3.8, 4) is 28.5 Å². The van der Waals surface area contributed by atoms with E-state index in [1.165, 1.54) is 17.4 Å². The average molecular weight is 466 g/mol. The number of aromatic nitrogens is 1. The first-order valence-electron chi connectivity index (χ1n) is 10.3. The highest BCUT2D eigenvalue weighted by atomic mass is 32.1. The molecule has 1 aliphatic heterocycles. The van der Waals surface area contributed by atoms with Gasteiger partial charge < -0.3 is 19.1 Å².